The minimum Gasteiger partial charge on any atom is -0.463 e. The van der Waals surface area contributed by atoms with Crippen LogP contribution in [-0.2, 0) is 49.2 Å². The van der Waals surface area contributed by atoms with Crippen LogP contribution in [0.4, 0.5) is 9.59 Å². The highest BCUT2D eigenvalue weighted by Crippen LogP contribution is 2.50. The fraction of sp³-hybridized carbons (Fsp3) is 0.556. The van der Waals surface area contributed by atoms with Gasteiger partial charge in [-0.3, -0.25) is 19.9 Å². The Morgan fingerprint density at radius 3 is 2.37 bits per heavy atom. The topological polar surface area (TPSA) is 237 Å². The van der Waals surface area contributed by atoms with Gasteiger partial charge in [0.2, 0.25) is 12.4 Å². The van der Waals surface area contributed by atoms with E-state index in [1.165, 1.54) is 5.01 Å². The predicted molar refractivity (Wildman–Crippen MR) is 188 cm³/mol. The normalized spacial score (nSPS) is 25.2. The van der Waals surface area contributed by atoms with Crippen LogP contribution in [0.25, 0.3) is 0 Å². The van der Waals surface area contributed by atoms with Gasteiger partial charge < -0.3 is 38.8 Å². The van der Waals surface area contributed by atoms with Crippen LogP contribution >= 0.6 is 0 Å². The number of nitrogens with zero attached hydrogens (tertiary/aromatic N) is 4. The number of aliphatic imine (C=N–C) groups is 1. The van der Waals surface area contributed by atoms with Crippen LogP contribution in [0.2, 0.25) is 0 Å². The Labute approximate surface area is 312 Å². The zero-order valence-corrected chi connectivity index (χ0v) is 31.4. The number of ether oxygens (including phenoxy) is 6. The van der Waals surface area contributed by atoms with E-state index in [0.29, 0.717) is 5.56 Å². The maximum absolute atomic E-state index is 13.9. The third-order valence-electron chi connectivity index (χ3n) is 8.67. The number of hydrazone groups is 1. The van der Waals surface area contributed by atoms with Gasteiger partial charge in [-0.2, -0.15) is 10.4 Å². The third-order valence-corrected chi connectivity index (χ3v) is 8.67. The van der Waals surface area contributed by atoms with Gasteiger partial charge in [-0.05, 0) is 45.1 Å². The Kier molecular flexibility index (Phi) is 12.4. The molecule has 1 fully saturated rings. The number of rotatable bonds is 10. The molecule has 0 spiro atoms. The van der Waals surface area contributed by atoms with Crippen LogP contribution in [0.15, 0.2) is 52.2 Å². The summed E-state index contributed by atoms with van der Waals surface area (Å²) in [4.78, 5) is 67.2. The first-order valence-corrected chi connectivity index (χ1v) is 17.1. The molecule has 4 rings (SSSR count). The minimum absolute atomic E-state index is 0.0144. The molecule has 3 N–H and O–H groups in total. The van der Waals surface area contributed by atoms with Crippen LogP contribution in [0.5, 0.6) is 0 Å². The Morgan fingerprint density at radius 2 is 1.76 bits per heavy atom. The molecule has 1 aromatic carbocycles. The first-order valence-electron chi connectivity index (χ1n) is 17.1. The van der Waals surface area contributed by atoms with Gasteiger partial charge in [0.1, 0.15) is 48.4 Å². The highest BCUT2D eigenvalue weighted by molar-refractivity contribution is 6.09. The predicted octanol–water partition coefficient (Wildman–Crippen LogP) is 2.60. The van der Waals surface area contributed by atoms with Gasteiger partial charge in [0.25, 0.3) is 0 Å². The smallest absolute Gasteiger partial charge is 0.415 e. The van der Waals surface area contributed by atoms with E-state index in [4.69, 9.17) is 23.7 Å². The second kappa shape index (κ2) is 16.2. The summed E-state index contributed by atoms with van der Waals surface area (Å²) in [5.74, 6) is -2.34. The number of carbonyl (C=O) groups is 5. The summed E-state index contributed by atoms with van der Waals surface area (Å²) in [6.45, 7) is 11.5. The summed E-state index contributed by atoms with van der Waals surface area (Å²) in [5.41, 5.74) is -4.70. The van der Waals surface area contributed by atoms with Crippen molar-refractivity contribution in [1.82, 2.24) is 15.6 Å². The lowest BCUT2D eigenvalue weighted by Crippen LogP contribution is -2.64. The largest absolute Gasteiger partial charge is 0.463 e. The van der Waals surface area contributed by atoms with Gasteiger partial charge in [0.15, 0.2) is 11.9 Å². The molecule has 6 atom stereocenters. The number of amidine groups is 1. The number of hydrogen-bond acceptors (Lipinski definition) is 16. The number of nitrogens with one attached hydrogen (secondary N) is 2. The quantitative estimate of drug-likeness (QED) is 0.177. The van der Waals surface area contributed by atoms with Crippen molar-refractivity contribution in [2.24, 2.45) is 15.5 Å². The summed E-state index contributed by atoms with van der Waals surface area (Å²) in [6.07, 6.45) is -4.21. The Bertz CT molecular complexity index is 1740. The first kappa shape index (κ1) is 41.2. The molecule has 0 aliphatic carbocycles. The average Bonchev–Trinajstić information content (AvgIpc) is 3.57. The number of benzene rings is 1. The fourth-order valence-electron chi connectivity index (χ4n) is 6.01. The summed E-state index contributed by atoms with van der Waals surface area (Å²) < 4.78 is 32.6. The lowest BCUT2D eigenvalue weighted by molar-refractivity contribution is -0.164. The zero-order valence-electron chi connectivity index (χ0n) is 31.4. The third kappa shape index (κ3) is 9.33. The maximum atomic E-state index is 13.9. The van der Waals surface area contributed by atoms with E-state index >= 15 is 0 Å². The van der Waals surface area contributed by atoms with E-state index in [9.17, 15) is 34.3 Å². The van der Waals surface area contributed by atoms with Crippen LogP contribution < -0.4 is 10.6 Å². The van der Waals surface area contributed by atoms with Crippen LogP contribution in [0.1, 0.15) is 67.4 Å². The van der Waals surface area contributed by atoms with Gasteiger partial charge in [-0.25, -0.2) is 19.4 Å². The van der Waals surface area contributed by atoms with Crippen molar-refractivity contribution in [3.05, 3.63) is 47.7 Å². The van der Waals surface area contributed by atoms with Gasteiger partial charge >= 0.3 is 30.1 Å². The molecule has 1 unspecified atom stereocenters. The molecule has 1 aromatic rings. The highest BCUT2D eigenvalue weighted by atomic mass is 16.7. The van der Waals surface area contributed by atoms with E-state index in [1.807, 2.05) is 0 Å². The van der Waals surface area contributed by atoms with Gasteiger partial charge in [0.05, 0.1) is 12.1 Å². The van der Waals surface area contributed by atoms with Crippen molar-refractivity contribution in [3.63, 3.8) is 0 Å². The summed E-state index contributed by atoms with van der Waals surface area (Å²) in [5, 5.41) is 33.5. The van der Waals surface area contributed by atoms with Gasteiger partial charge in [0, 0.05) is 6.92 Å². The van der Waals surface area contributed by atoms with E-state index in [2.05, 4.69) is 31.5 Å². The number of nitriles is 1. The van der Waals surface area contributed by atoms with Crippen LogP contribution in [-0.4, -0.2) is 107 Å². The molecule has 3 aliphatic rings. The number of esters is 3. The van der Waals surface area contributed by atoms with Crippen molar-refractivity contribution < 1.29 is 57.5 Å². The zero-order chi connectivity index (χ0) is 40.1. The highest BCUT2D eigenvalue weighted by Gasteiger charge is 2.69. The molecule has 292 valence electrons. The molecule has 0 bridgehead atoms. The first-order chi connectivity index (χ1) is 25.2. The maximum Gasteiger partial charge on any atom is 0.415 e. The molecule has 1 saturated heterocycles. The number of alkyl carbamates (subject to hydrolysis) is 2. The molecule has 3 heterocycles. The average molecular weight is 755 g/mol. The number of amides is 2. The minimum atomic E-state index is -2.22. The number of hydrogen-bond donors (Lipinski definition) is 3. The standard InChI is InChI=1S/C36H46N6O12/c1-21(43)50-20-51-31(47)41-29-23-14-15-35(8,42(23)39-19-38-29)36(18-37)28(45)26(24(53-36)17-49-25(44)16-22-12-10-9-11-13-22)52-30(46)27(33(2,3)4)40-32(48)54-34(5,6)7/h9-14,19,24,26-28,45H,15-17,20H2,1-8H3,(H,40,48)(H,38,39,41,47)/t24-,26-,27-,28-,35?,36-/m1/s1. The van der Waals surface area contributed by atoms with Crippen LogP contribution in [0, 0.1) is 16.7 Å². The molecule has 0 aromatic heterocycles. The Hall–Kier alpha value is -5.54. The summed E-state index contributed by atoms with van der Waals surface area (Å²) in [6, 6.07) is 9.57. The number of fused-ring (bicyclic) bond motifs is 1. The number of carbonyl (C=O) groups excluding carboxylic acids is 5. The van der Waals surface area contributed by atoms with Gasteiger partial charge in [-0.15, -0.1) is 0 Å². The second-order valence-electron chi connectivity index (χ2n) is 15.0. The number of aliphatic hydroxyl groups is 1. The molecule has 2 amide bonds. The molecule has 3 aliphatic heterocycles. The van der Waals surface area contributed by atoms with E-state index in [0.717, 1.165) is 13.3 Å². The van der Waals surface area contributed by atoms with Crippen molar-refractivity contribution in [3.8, 4) is 6.07 Å². The molecular weight excluding hydrogens is 708 g/mol. The molecular formula is C36H46N6O12. The SMILES string of the molecule is CC(=O)OCOC(=O)NC1=NC=NN2C1=CCC2(C)[C@]1(C#N)O[C@H](COC(=O)Cc2ccccc2)[C@@H](OC(=O)[C@@H](NC(=O)OC(C)(C)C)C(C)(C)C)[C@H]1O. The molecule has 18 nitrogen and oxygen atoms in total. The second-order valence-corrected chi connectivity index (χ2v) is 15.0. The van der Waals surface area contributed by atoms with Crippen molar-refractivity contribution in [1.29, 1.82) is 5.26 Å². The van der Waals surface area contributed by atoms with E-state index in [-0.39, 0.29) is 24.4 Å². The van der Waals surface area contributed by atoms with Crippen LogP contribution in [0.3, 0.4) is 0 Å². The monoisotopic (exact) mass is 754 g/mol. The molecule has 0 radical (unpaired) electrons. The Balaban J connectivity index is 1.62. The van der Waals surface area contributed by atoms with E-state index in [1.54, 1.807) is 84.9 Å². The lowest BCUT2D eigenvalue weighted by atomic mass is 9.76. The number of aliphatic hydroxyl groups excluding tert-OH is 1. The van der Waals surface area contributed by atoms with Crippen molar-refractivity contribution >= 4 is 42.3 Å². The van der Waals surface area contributed by atoms with Crippen molar-refractivity contribution in [2.75, 3.05) is 13.4 Å². The summed E-state index contributed by atoms with van der Waals surface area (Å²) >= 11 is 0. The Morgan fingerprint density at radius 1 is 1.07 bits per heavy atom. The van der Waals surface area contributed by atoms with Gasteiger partial charge in [-0.1, -0.05) is 57.2 Å². The molecule has 18 heteroatoms. The van der Waals surface area contributed by atoms with Crippen molar-refractivity contribution in [2.45, 2.75) is 109 Å². The van der Waals surface area contributed by atoms with E-state index < -0.39 is 90.0 Å². The molecule has 54 heavy (non-hydrogen) atoms. The fourth-order valence-corrected chi connectivity index (χ4v) is 6.01. The lowest BCUT2D eigenvalue weighted by Gasteiger charge is -2.45. The summed E-state index contributed by atoms with van der Waals surface area (Å²) in [7, 11) is 0. The molecule has 0 saturated carbocycles.